The van der Waals surface area contributed by atoms with Crippen LogP contribution in [0.1, 0.15) is 70.5 Å². The van der Waals surface area contributed by atoms with Gasteiger partial charge in [0.2, 0.25) is 11.8 Å². The first kappa shape index (κ1) is 20.9. The molecule has 2 unspecified atom stereocenters. The first-order valence-corrected chi connectivity index (χ1v) is 11.0. The van der Waals surface area contributed by atoms with Gasteiger partial charge in [0, 0.05) is 19.0 Å². The average Bonchev–Trinajstić information content (AvgIpc) is 3.51. The van der Waals surface area contributed by atoms with Gasteiger partial charge in [-0.1, -0.05) is 52.0 Å². The van der Waals surface area contributed by atoms with Crippen molar-refractivity contribution in [1.29, 1.82) is 0 Å². The van der Waals surface area contributed by atoms with E-state index in [9.17, 15) is 9.59 Å². The van der Waals surface area contributed by atoms with Crippen LogP contribution >= 0.6 is 0 Å². The second-order valence-corrected chi connectivity index (χ2v) is 9.47. The number of piperidine rings is 1. The van der Waals surface area contributed by atoms with Gasteiger partial charge < -0.3 is 10.2 Å². The zero-order valence-corrected chi connectivity index (χ0v) is 17.9. The molecule has 4 heteroatoms. The zero-order chi connectivity index (χ0) is 20.3. The Morgan fingerprint density at radius 3 is 2.29 bits per heavy atom. The van der Waals surface area contributed by atoms with Crippen molar-refractivity contribution in [2.24, 2.45) is 23.7 Å². The summed E-state index contributed by atoms with van der Waals surface area (Å²) in [6.07, 6.45) is 4.92. The largest absolute Gasteiger partial charge is 0.349 e. The number of carbonyl (C=O) groups excluding carboxylic acids is 2. The van der Waals surface area contributed by atoms with E-state index >= 15 is 0 Å². The molecule has 1 aliphatic carbocycles. The predicted molar refractivity (Wildman–Crippen MR) is 113 cm³/mol. The number of likely N-dealkylation sites (tertiary alicyclic amines) is 1. The van der Waals surface area contributed by atoms with Crippen molar-refractivity contribution in [2.45, 2.75) is 65.8 Å². The topological polar surface area (TPSA) is 49.4 Å². The van der Waals surface area contributed by atoms with Crippen LogP contribution in [0.4, 0.5) is 0 Å². The molecule has 1 saturated carbocycles. The molecule has 0 spiro atoms. The lowest BCUT2D eigenvalue weighted by molar-refractivity contribution is -0.137. The van der Waals surface area contributed by atoms with Crippen LogP contribution in [0.15, 0.2) is 24.3 Å². The maximum Gasteiger partial charge on any atom is 0.225 e. The van der Waals surface area contributed by atoms with Crippen LogP contribution in [0.2, 0.25) is 0 Å². The monoisotopic (exact) mass is 384 g/mol. The summed E-state index contributed by atoms with van der Waals surface area (Å²) in [6.45, 7) is 10.1. The molecule has 1 heterocycles. The molecule has 0 aromatic heterocycles. The molecule has 28 heavy (non-hydrogen) atoms. The van der Waals surface area contributed by atoms with Crippen LogP contribution in [0.5, 0.6) is 0 Å². The fourth-order valence-corrected chi connectivity index (χ4v) is 4.22. The van der Waals surface area contributed by atoms with E-state index in [4.69, 9.17) is 0 Å². The Hall–Kier alpha value is -1.84. The first-order chi connectivity index (χ1) is 13.3. The molecule has 0 bridgehead atoms. The van der Waals surface area contributed by atoms with Gasteiger partial charge >= 0.3 is 0 Å². The maximum absolute atomic E-state index is 13.0. The van der Waals surface area contributed by atoms with Gasteiger partial charge in [-0.2, -0.15) is 0 Å². The molecule has 1 aromatic carbocycles. The van der Waals surface area contributed by atoms with E-state index in [0.29, 0.717) is 18.4 Å². The second kappa shape index (κ2) is 9.11. The van der Waals surface area contributed by atoms with E-state index < -0.39 is 0 Å². The highest BCUT2D eigenvalue weighted by Gasteiger charge is 2.37. The van der Waals surface area contributed by atoms with E-state index in [2.05, 4.69) is 57.3 Å². The maximum atomic E-state index is 13.0. The van der Waals surface area contributed by atoms with Gasteiger partial charge in [-0.05, 0) is 55.1 Å². The number of hydrogen-bond donors (Lipinski definition) is 1. The summed E-state index contributed by atoms with van der Waals surface area (Å²) >= 11 is 0. The summed E-state index contributed by atoms with van der Waals surface area (Å²) < 4.78 is 0. The summed E-state index contributed by atoms with van der Waals surface area (Å²) in [5.41, 5.74) is 2.51. The number of hydrogen-bond acceptors (Lipinski definition) is 2. The molecule has 1 aromatic rings. The molecular formula is C24H36N2O2. The van der Waals surface area contributed by atoms with Crippen LogP contribution in [0.25, 0.3) is 0 Å². The number of benzene rings is 1. The smallest absolute Gasteiger partial charge is 0.225 e. The Balaban J connectivity index is 1.63. The minimum absolute atomic E-state index is 0.00936. The summed E-state index contributed by atoms with van der Waals surface area (Å²) in [5.74, 6) is 1.45. The van der Waals surface area contributed by atoms with Crippen LogP contribution in [-0.2, 0) is 16.0 Å². The molecule has 2 fully saturated rings. The van der Waals surface area contributed by atoms with Gasteiger partial charge in [0.15, 0.2) is 0 Å². The fraction of sp³-hybridized carbons (Fsp3) is 0.667. The van der Waals surface area contributed by atoms with Gasteiger partial charge in [-0.3, -0.25) is 9.59 Å². The second-order valence-electron chi connectivity index (χ2n) is 9.47. The molecule has 2 amide bonds. The SMILES string of the molecule is CC(C)Cc1ccc(C(NC(=O)C2CCCN(C(=O)C3CC3)C2)C(C)C)cc1. The van der Waals surface area contributed by atoms with E-state index in [-0.39, 0.29) is 29.7 Å². The van der Waals surface area contributed by atoms with Crippen LogP contribution in [-0.4, -0.2) is 29.8 Å². The molecular weight excluding hydrogens is 348 g/mol. The highest BCUT2D eigenvalue weighted by Crippen LogP contribution is 2.33. The third-order valence-electron chi connectivity index (χ3n) is 5.98. The van der Waals surface area contributed by atoms with Gasteiger partial charge in [0.05, 0.1) is 12.0 Å². The number of rotatable bonds is 7. The van der Waals surface area contributed by atoms with Crippen LogP contribution in [0.3, 0.4) is 0 Å². The summed E-state index contributed by atoms with van der Waals surface area (Å²) in [4.78, 5) is 27.3. The first-order valence-electron chi connectivity index (χ1n) is 11.0. The van der Waals surface area contributed by atoms with Crippen molar-refractivity contribution in [3.8, 4) is 0 Å². The summed E-state index contributed by atoms with van der Waals surface area (Å²) in [6, 6.07) is 8.70. The van der Waals surface area contributed by atoms with Gasteiger partial charge in [0.25, 0.3) is 0 Å². The third-order valence-corrected chi connectivity index (χ3v) is 5.98. The van der Waals surface area contributed by atoms with Gasteiger partial charge in [0.1, 0.15) is 0 Å². The van der Waals surface area contributed by atoms with Gasteiger partial charge in [-0.15, -0.1) is 0 Å². The van der Waals surface area contributed by atoms with Gasteiger partial charge in [-0.25, -0.2) is 0 Å². The molecule has 0 radical (unpaired) electrons. The molecule has 2 aliphatic rings. The predicted octanol–water partition coefficient (Wildman–Crippen LogP) is 4.35. The lowest BCUT2D eigenvalue weighted by Gasteiger charge is -2.33. The summed E-state index contributed by atoms with van der Waals surface area (Å²) in [5, 5.41) is 3.29. The Kier molecular flexibility index (Phi) is 6.79. The number of nitrogens with zero attached hydrogens (tertiary/aromatic N) is 1. The Labute approximate surface area is 170 Å². The number of nitrogens with one attached hydrogen (secondary N) is 1. The van der Waals surface area contributed by atoms with Crippen molar-refractivity contribution >= 4 is 11.8 Å². The molecule has 2 atom stereocenters. The Bertz CT molecular complexity index is 676. The quantitative estimate of drug-likeness (QED) is 0.760. The van der Waals surface area contributed by atoms with Crippen LogP contribution < -0.4 is 5.32 Å². The zero-order valence-electron chi connectivity index (χ0n) is 17.9. The highest BCUT2D eigenvalue weighted by atomic mass is 16.2. The summed E-state index contributed by atoms with van der Waals surface area (Å²) in [7, 11) is 0. The normalized spacial score (nSPS) is 21.1. The minimum atomic E-state index is -0.0853. The molecule has 1 aliphatic heterocycles. The molecule has 4 nitrogen and oxygen atoms in total. The van der Waals surface area contributed by atoms with Crippen LogP contribution in [0, 0.1) is 23.7 Å². The molecule has 1 saturated heterocycles. The lowest BCUT2D eigenvalue weighted by atomic mass is 9.91. The molecule has 154 valence electrons. The number of amides is 2. The van der Waals surface area contributed by atoms with E-state index in [1.807, 2.05) is 4.90 Å². The average molecular weight is 385 g/mol. The van der Waals surface area contributed by atoms with Crippen molar-refractivity contribution in [2.75, 3.05) is 13.1 Å². The van der Waals surface area contributed by atoms with Crippen molar-refractivity contribution in [3.05, 3.63) is 35.4 Å². The van der Waals surface area contributed by atoms with Crippen molar-refractivity contribution in [1.82, 2.24) is 10.2 Å². The van der Waals surface area contributed by atoms with Crippen molar-refractivity contribution < 1.29 is 9.59 Å². The third kappa shape index (κ3) is 5.36. The van der Waals surface area contributed by atoms with E-state index in [1.54, 1.807) is 0 Å². The molecule has 1 N–H and O–H groups in total. The fourth-order valence-electron chi connectivity index (χ4n) is 4.22. The Morgan fingerprint density at radius 2 is 1.71 bits per heavy atom. The van der Waals surface area contributed by atoms with E-state index in [0.717, 1.165) is 44.2 Å². The highest BCUT2D eigenvalue weighted by molar-refractivity contribution is 5.83. The standard InChI is InChI=1S/C24H36N2O2/c1-16(2)14-18-7-9-19(10-8-18)22(17(3)4)25-23(27)21-6-5-13-26(15-21)24(28)20-11-12-20/h7-10,16-17,20-22H,5-6,11-15H2,1-4H3,(H,25,27). The molecule has 3 rings (SSSR count). The van der Waals surface area contributed by atoms with E-state index in [1.165, 1.54) is 5.56 Å². The number of carbonyl (C=O) groups is 2. The lowest BCUT2D eigenvalue weighted by Crippen LogP contribution is -2.47. The minimum Gasteiger partial charge on any atom is -0.349 e. The Morgan fingerprint density at radius 1 is 1.04 bits per heavy atom. The van der Waals surface area contributed by atoms with Crippen molar-refractivity contribution in [3.63, 3.8) is 0 Å².